The molecule has 60 valence electrons. The molecule has 0 aromatic rings. The number of nitrogens with two attached hydrogens (primary N) is 1. The first-order valence-electron chi connectivity index (χ1n) is 3.08. The van der Waals surface area contributed by atoms with Crippen molar-refractivity contribution in [2.24, 2.45) is 5.73 Å². The number of hydrogen-bond acceptors (Lipinski definition) is 4. The van der Waals surface area contributed by atoms with Crippen LogP contribution in [0.5, 0.6) is 0 Å². The van der Waals surface area contributed by atoms with Crippen LogP contribution in [0.1, 0.15) is 0 Å². The molecule has 0 heterocycles. The molecule has 0 spiro atoms. The Morgan fingerprint density at radius 3 is 2.80 bits per heavy atom. The van der Waals surface area contributed by atoms with E-state index in [-0.39, 0.29) is 6.61 Å². The van der Waals surface area contributed by atoms with Crippen molar-refractivity contribution in [3.05, 3.63) is 12.3 Å². The van der Waals surface area contributed by atoms with Crippen molar-refractivity contribution in [3.63, 3.8) is 0 Å². The van der Waals surface area contributed by atoms with Gasteiger partial charge < -0.3 is 20.7 Å². The van der Waals surface area contributed by atoms with Crippen molar-refractivity contribution in [1.29, 1.82) is 0 Å². The summed E-state index contributed by atoms with van der Waals surface area (Å²) in [6.07, 6.45) is 1.85. The van der Waals surface area contributed by atoms with Gasteiger partial charge in [0.1, 0.15) is 0 Å². The standard InChI is InChI=1S/C6H13NO3/c7-2-4-10-3-1-6(9)5-8/h1,3,6,8-9H,2,4-5,7H2. The predicted molar refractivity (Wildman–Crippen MR) is 37.2 cm³/mol. The molecule has 0 saturated carbocycles. The van der Waals surface area contributed by atoms with E-state index >= 15 is 0 Å². The number of ether oxygens (including phenoxy) is 1. The van der Waals surface area contributed by atoms with E-state index in [1.54, 1.807) is 0 Å². The SMILES string of the molecule is NCCOC=CC(O)CO. The Bertz CT molecular complexity index is 95.0. The maximum absolute atomic E-state index is 8.71. The highest BCUT2D eigenvalue weighted by molar-refractivity contribution is 4.81. The van der Waals surface area contributed by atoms with Crippen LogP contribution in [0.2, 0.25) is 0 Å². The van der Waals surface area contributed by atoms with Gasteiger partial charge in [-0.25, -0.2) is 0 Å². The molecule has 0 fully saturated rings. The summed E-state index contributed by atoms with van der Waals surface area (Å²) in [4.78, 5) is 0. The van der Waals surface area contributed by atoms with Crippen LogP contribution >= 0.6 is 0 Å². The zero-order chi connectivity index (χ0) is 7.82. The van der Waals surface area contributed by atoms with Crippen molar-refractivity contribution in [2.45, 2.75) is 6.10 Å². The van der Waals surface area contributed by atoms with Crippen LogP contribution in [0.4, 0.5) is 0 Å². The zero-order valence-corrected chi connectivity index (χ0v) is 5.73. The molecule has 0 aliphatic rings. The summed E-state index contributed by atoms with van der Waals surface area (Å²) >= 11 is 0. The normalized spacial score (nSPS) is 13.9. The van der Waals surface area contributed by atoms with Crippen LogP contribution < -0.4 is 5.73 Å². The Labute approximate surface area is 59.9 Å². The molecule has 1 atom stereocenters. The number of aliphatic hydroxyl groups excluding tert-OH is 2. The Hall–Kier alpha value is -0.580. The lowest BCUT2D eigenvalue weighted by molar-refractivity contribution is 0.127. The van der Waals surface area contributed by atoms with Crippen LogP contribution in [-0.2, 0) is 4.74 Å². The van der Waals surface area contributed by atoms with Crippen LogP contribution in [-0.4, -0.2) is 36.1 Å². The smallest absolute Gasteiger partial charge is 0.0995 e. The van der Waals surface area contributed by atoms with Crippen molar-refractivity contribution < 1.29 is 14.9 Å². The molecule has 4 heteroatoms. The van der Waals surface area contributed by atoms with Gasteiger partial charge in [-0.3, -0.25) is 0 Å². The molecule has 0 amide bonds. The number of aliphatic hydroxyl groups is 2. The summed E-state index contributed by atoms with van der Waals surface area (Å²) in [6.45, 7) is 0.580. The molecule has 0 aliphatic carbocycles. The first-order valence-corrected chi connectivity index (χ1v) is 3.08. The van der Waals surface area contributed by atoms with Gasteiger partial charge in [-0.1, -0.05) is 0 Å². The van der Waals surface area contributed by atoms with Crippen molar-refractivity contribution in [1.82, 2.24) is 0 Å². The summed E-state index contributed by atoms with van der Waals surface area (Å²) < 4.78 is 4.78. The Morgan fingerprint density at radius 1 is 1.60 bits per heavy atom. The van der Waals surface area contributed by atoms with Crippen LogP contribution in [0.15, 0.2) is 12.3 Å². The lowest BCUT2D eigenvalue weighted by Gasteiger charge is -1.99. The van der Waals surface area contributed by atoms with Gasteiger partial charge in [0.15, 0.2) is 0 Å². The van der Waals surface area contributed by atoms with E-state index in [9.17, 15) is 0 Å². The summed E-state index contributed by atoms with van der Waals surface area (Å²) in [7, 11) is 0. The highest BCUT2D eigenvalue weighted by atomic mass is 16.5. The molecule has 0 aromatic carbocycles. The fourth-order valence-corrected chi connectivity index (χ4v) is 0.343. The maximum atomic E-state index is 8.71. The first-order chi connectivity index (χ1) is 4.81. The second-order valence-electron chi connectivity index (χ2n) is 1.74. The molecular weight excluding hydrogens is 134 g/mol. The minimum Gasteiger partial charge on any atom is -0.500 e. The lowest BCUT2D eigenvalue weighted by atomic mass is 10.4. The molecule has 10 heavy (non-hydrogen) atoms. The second-order valence-corrected chi connectivity index (χ2v) is 1.74. The lowest BCUT2D eigenvalue weighted by Crippen LogP contribution is -2.09. The van der Waals surface area contributed by atoms with E-state index < -0.39 is 6.10 Å². The van der Waals surface area contributed by atoms with Crippen molar-refractivity contribution in [3.8, 4) is 0 Å². The quantitative estimate of drug-likeness (QED) is 0.338. The van der Waals surface area contributed by atoms with Crippen LogP contribution in [0.25, 0.3) is 0 Å². The van der Waals surface area contributed by atoms with Gasteiger partial charge in [-0.15, -0.1) is 0 Å². The van der Waals surface area contributed by atoms with Crippen LogP contribution in [0.3, 0.4) is 0 Å². The molecule has 4 N–H and O–H groups in total. The fourth-order valence-electron chi connectivity index (χ4n) is 0.343. The third kappa shape index (κ3) is 5.55. The Morgan fingerprint density at radius 2 is 2.30 bits per heavy atom. The molecule has 0 saturated heterocycles. The molecule has 0 bridgehead atoms. The van der Waals surface area contributed by atoms with E-state index in [4.69, 9.17) is 20.7 Å². The topological polar surface area (TPSA) is 75.7 Å². The van der Waals surface area contributed by atoms with Gasteiger partial charge in [0, 0.05) is 6.54 Å². The van der Waals surface area contributed by atoms with E-state index in [1.165, 1.54) is 12.3 Å². The predicted octanol–water partition coefficient (Wildman–Crippen LogP) is -1.17. The second kappa shape index (κ2) is 6.54. The average molecular weight is 147 g/mol. The minimum absolute atomic E-state index is 0.289. The third-order valence-electron chi connectivity index (χ3n) is 0.820. The third-order valence-corrected chi connectivity index (χ3v) is 0.820. The minimum atomic E-state index is -0.835. The van der Waals surface area contributed by atoms with Gasteiger partial charge in [0.25, 0.3) is 0 Å². The van der Waals surface area contributed by atoms with E-state index in [0.29, 0.717) is 13.2 Å². The highest BCUT2D eigenvalue weighted by Crippen LogP contribution is 1.84. The molecule has 1 unspecified atom stereocenters. The molecule has 0 aromatic heterocycles. The first kappa shape index (κ1) is 9.42. The molecule has 4 nitrogen and oxygen atoms in total. The van der Waals surface area contributed by atoms with Crippen molar-refractivity contribution in [2.75, 3.05) is 19.8 Å². The number of rotatable bonds is 5. The largest absolute Gasteiger partial charge is 0.500 e. The summed E-state index contributed by atoms with van der Waals surface area (Å²) in [5.74, 6) is 0. The molecule has 0 rings (SSSR count). The number of hydrogen-bond donors (Lipinski definition) is 3. The summed E-state index contributed by atoms with van der Waals surface area (Å²) in [5, 5.41) is 17.0. The zero-order valence-electron chi connectivity index (χ0n) is 5.73. The summed E-state index contributed by atoms with van der Waals surface area (Å²) in [5.41, 5.74) is 5.11. The molecule has 0 aliphatic heterocycles. The Balaban J connectivity index is 3.18. The summed E-state index contributed by atoms with van der Waals surface area (Å²) in [6, 6.07) is 0. The highest BCUT2D eigenvalue weighted by Gasteiger charge is 1.92. The van der Waals surface area contributed by atoms with Crippen molar-refractivity contribution >= 4 is 0 Å². The molecular formula is C6H13NO3. The van der Waals surface area contributed by atoms with Gasteiger partial charge in [0.05, 0.1) is 25.6 Å². The van der Waals surface area contributed by atoms with Gasteiger partial charge in [-0.05, 0) is 6.08 Å². The van der Waals surface area contributed by atoms with E-state index in [2.05, 4.69) is 0 Å². The van der Waals surface area contributed by atoms with E-state index in [0.717, 1.165) is 0 Å². The Kier molecular flexibility index (Phi) is 6.16. The van der Waals surface area contributed by atoms with Gasteiger partial charge in [0.2, 0.25) is 0 Å². The van der Waals surface area contributed by atoms with Crippen LogP contribution in [0, 0.1) is 0 Å². The average Bonchev–Trinajstić information content (AvgIpc) is 1.98. The fraction of sp³-hybridized carbons (Fsp3) is 0.667. The monoisotopic (exact) mass is 147 g/mol. The van der Waals surface area contributed by atoms with Gasteiger partial charge in [-0.2, -0.15) is 0 Å². The molecule has 0 radical (unpaired) electrons. The maximum Gasteiger partial charge on any atom is 0.0995 e. The van der Waals surface area contributed by atoms with E-state index in [1.807, 2.05) is 0 Å². The van der Waals surface area contributed by atoms with Gasteiger partial charge >= 0.3 is 0 Å².